The van der Waals surface area contributed by atoms with Gasteiger partial charge in [0.05, 0.1) is 10.2 Å². The summed E-state index contributed by atoms with van der Waals surface area (Å²) in [6.07, 6.45) is 0. The van der Waals surface area contributed by atoms with E-state index in [2.05, 4.69) is 28.3 Å². The summed E-state index contributed by atoms with van der Waals surface area (Å²) in [7, 11) is 0. The van der Waals surface area contributed by atoms with Crippen LogP contribution in [0.3, 0.4) is 0 Å². The fraction of sp³-hybridized carbons (Fsp3) is 0.286. The highest BCUT2D eigenvalue weighted by Crippen LogP contribution is 2.20. The van der Waals surface area contributed by atoms with E-state index in [9.17, 15) is 4.39 Å². The second-order valence-corrected chi connectivity index (χ2v) is 8.56. The molecule has 0 saturated carbocycles. The molecule has 0 radical (unpaired) electrons. The fourth-order valence-electron chi connectivity index (χ4n) is 3.78. The van der Waals surface area contributed by atoms with Gasteiger partial charge < -0.3 is 14.3 Å². The number of hydrogen-bond acceptors (Lipinski definition) is 5. The molecule has 0 aliphatic carbocycles. The number of quaternary nitrogens is 2. The maximum Gasteiger partial charge on any atom is 0.282 e. The molecule has 148 valence electrons. The number of nitrogens with one attached hydrogen (secondary N) is 2. The number of benzene rings is 2. The topological polar surface area (TPSA) is 60.7 Å². The van der Waals surface area contributed by atoms with Crippen molar-refractivity contribution >= 4 is 21.6 Å². The van der Waals surface area contributed by atoms with Crippen molar-refractivity contribution in [1.82, 2.24) is 15.1 Å². The number of nitrogens with zero attached hydrogens (tertiary/aromatic N) is 3. The van der Waals surface area contributed by atoms with Crippen LogP contribution < -0.4 is 9.80 Å². The maximum absolute atomic E-state index is 13.1. The number of fused-ring (bicyclic) bond motifs is 1. The van der Waals surface area contributed by atoms with Gasteiger partial charge in [0.15, 0.2) is 6.54 Å². The molecule has 29 heavy (non-hydrogen) atoms. The molecule has 1 aliphatic heterocycles. The number of para-hydroxylation sites is 1. The van der Waals surface area contributed by atoms with E-state index < -0.39 is 0 Å². The van der Waals surface area contributed by atoms with Crippen molar-refractivity contribution < 1.29 is 18.7 Å². The molecule has 0 bridgehead atoms. The van der Waals surface area contributed by atoms with E-state index in [1.54, 1.807) is 28.4 Å². The number of thiazole rings is 1. The summed E-state index contributed by atoms with van der Waals surface area (Å²) >= 11 is 1.80. The Balaban J connectivity index is 1.15. The van der Waals surface area contributed by atoms with Gasteiger partial charge >= 0.3 is 0 Å². The van der Waals surface area contributed by atoms with Gasteiger partial charge in [-0.1, -0.05) is 17.3 Å². The summed E-state index contributed by atoms with van der Waals surface area (Å²) in [6, 6.07) is 14.5. The minimum Gasteiger partial charge on any atom is -0.333 e. The largest absolute Gasteiger partial charge is 0.333 e. The SMILES string of the molecule is Fc1ccc(-c2noc(C[NH+]3CC[NH+](Cc4nc5ccccc5s4)CC3)n2)cc1. The van der Waals surface area contributed by atoms with Crippen LogP contribution in [0.5, 0.6) is 0 Å². The fourth-order valence-corrected chi connectivity index (χ4v) is 4.82. The van der Waals surface area contributed by atoms with Gasteiger partial charge in [0, 0.05) is 5.56 Å². The van der Waals surface area contributed by atoms with Gasteiger partial charge in [-0.05, 0) is 36.4 Å². The molecule has 2 N–H and O–H groups in total. The first-order valence-electron chi connectivity index (χ1n) is 9.83. The Bertz CT molecular complexity index is 1070. The number of piperazine rings is 1. The number of halogens is 1. The average molecular weight is 412 g/mol. The molecule has 2 aromatic carbocycles. The molecule has 0 atom stereocenters. The zero-order valence-electron chi connectivity index (χ0n) is 15.9. The molecule has 2 aromatic heterocycles. The predicted octanol–water partition coefficient (Wildman–Crippen LogP) is 0.969. The van der Waals surface area contributed by atoms with Gasteiger partial charge in [-0.25, -0.2) is 9.37 Å². The molecule has 0 unspecified atom stereocenters. The normalized spacial score (nSPS) is 19.6. The minimum atomic E-state index is -0.270. The molecule has 1 saturated heterocycles. The third-order valence-electron chi connectivity index (χ3n) is 5.38. The van der Waals surface area contributed by atoms with Crippen molar-refractivity contribution in [3.8, 4) is 11.4 Å². The highest BCUT2D eigenvalue weighted by atomic mass is 32.1. The van der Waals surface area contributed by atoms with E-state index >= 15 is 0 Å². The van der Waals surface area contributed by atoms with Crippen molar-refractivity contribution in [2.75, 3.05) is 26.2 Å². The Morgan fingerprint density at radius 3 is 2.38 bits per heavy atom. The first-order valence-corrected chi connectivity index (χ1v) is 10.6. The zero-order chi connectivity index (χ0) is 19.6. The van der Waals surface area contributed by atoms with Crippen LogP contribution in [0.4, 0.5) is 4.39 Å². The van der Waals surface area contributed by atoms with Crippen LogP contribution in [-0.2, 0) is 13.1 Å². The Hall–Kier alpha value is -2.68. The number of rotatable bonds is 5. The molecule has 5 rings (SSSR count). The third kappa shape index (κ3) is 4.19. The zero-order valence-corrected chi connectivity index (χ0v) is 16.7. The number of hydrogen-bond donors (Lipinski definition) is 2. The standard InChI is InChI=1S/C21H20FN5OS/c22-16-7-5-15(6-8-16)21-24-19(28-25-21)13-26-9-11-27(12-10-26)14-20-23-17-3-1-2-4-18(17)29-20/h1-8H,9-14H2/p+2. The van der Waals surface area contributed by atoms with Crippen molar-refractivity contribution in [3.05, 3.63) is 65.2 Å². The lowest BCUT2D eigenvalue weighted by atomic mass is 10.2. The van der Waals surface area contributed by atoms with Crippen LogP contribution in [0.15, 0.2) is 53.1 Å². The van der Waals surface area contributed by atoms with Crippen LogP contribution in [0.2, 0.25) is 0 Å². The summed E-state index contributed by atoms with van der Waals surface area (Å²) in [5, 5.41) is 5.25. The van der Waals surface area contributed by atoms with Gasteiger partial charge in [0.1, 0.15) is 43.5 Å². The predicted molar refractivity (Wildman–Crippen MR) is 108 cm³/mol. The van der Waals surface area contributed by atoms with E-state index in [4.69, 9.17) is 9.51 Å². The molecule has 0 amide bonds. The van der Waals surface area contributed by atoms with Crippen LogP contribution in [0.1, 0.15) is 10.9 Å². The van der Waals surface area contributed by atoms with E-state index in [-0.39, 0.29) is 5.82 Å². The van der Waals surface area contributed by atoms with Crippen LogP contribution >= 0.6 is 11.3 Å². The lowest BCUT2D eigenvalue weighted by molar-refractivity contribution is -1.02. The summed E-state index contributed by atoms with van der Waals surface area (Å²) in [5.41, 5.74) is 1.87. The van der Waals surface area contributed by atoms with E-state index in [0.717, 1.165) is 50.3 Å². The van der Waals surface area contributed by atoms with Crippen molar-refractivity contribution in [2.45, 2.75) is 13.1 Å². The van der Waals surface area contributed by atoms with Crippen molar-refractivity contribution in [3.63, 3.8) is 0 Å². The second kappa shape index (κ2) is 7.98. The Kier molecular flexibility index (Phi) is 5.05. The molecule has 4 aromatic rings. The Morgan fingerprint density at radius 2 is 1.62 bits per heavy atom. The average Bonchev–Trinajstić information content (AvgIpc) is 3.36. The van der Waals surface area contributed by atoms with Crippen molar-refractivity contribution in [2.24, 2.45) is 0 Å². The molecular formula is C21H22FN5OS+2. The maximum atomic E-state index is 13.1. The lowest BCUT2D eigenvalue weighted by Crippen LogP contribution is -3.27. The Morgan fingerprint density at radius 1 is 0.897 bits per heavy atom. The van der Waals surface area contributed by atoms with Gasteiger partial charge in [-0.2, -0.15) is 4.98 Å². The molecule has 8 heteroatoms. The van der Waals surface area contributed by atoms with E-state index in [1.165, 1.54) is 26.7 Å². The first-order chi connectivity index (χ1) is 14.2. The van der Waals surface area contributed by atoms with E-state index in [1.807, 2.05) is 6.07 Å². The summed E-state index contributed by atoms with van der Waals surface area (Å²) in [5.74, 6) is 0.876. The molecule has 1 fully saturated rings. The van der Waals surface area contributed by atoms with Gasteiger partial charge in [-0.15, -0.1) is 11.3 Å². The van der Waals surface area contributed by atoms with Gasteiger partial charge in [0.25, 0.3) is 5.89 Å². The second-order valence-electron chi connectivity index (χ2n) is 7.45. The van der Waals surface area contributed by atoms with Crippen LogP contribution in [-0.4, -0.2) is 41.3 Å². The van der Waals surface area contributed by atoms with Gasteiger partial charge in [-0.3, -0.25) is 0 Å². The smallest absolute Gasteiger partial charge is 0.282 e. The number of aromatic nitrogens is 3. The van der Waals surface area contributed by atoms with Crippen LogP contribution in [0, 0.1) is 5.82 Å². The monoisotopic (exact) mass is 411 g/mol. The summed E-state index contributed by atoms with van der Waals surface area (Å²) in [4.78, 5) is 12.3. The molecule has 3 heterocycles. The Labute approximate surface area is 171 Å². The first kappa shape index (κ1) is 18.4. The molecule has 0 spiro atoms. The third-order valence-corrected chi connectivity index (χ3v) is 6.41. The highest BCUT2D eigenvalue weighted by Gasteiger charge is 2.26. The van der Waals surface area contributed by atoms with Crippen molar-refractivity contribution in [1.29, 1.82) is 0 Å². The van der Waals surface area contributed by atoms with E-state index in [0.29, 0.717) is 11.7 Å². The van der Waals surface area contributed by atoms with Gasteiger partial charge in [0.2, 0.25) is 5.82 Å². The minimum absolute atomic E-state index is 0.270. The molecule has 6 nitrogen and oxygen atoms in total. The molecule has 1 aliphatic rings. The summed E-state index contributed by atoms with van der Waals surface area (Å²) < 4.78 is 19.7. The lowest BCUT2D eigenvalue weighted by Gasteiger charge is -2.28. The van der Waals surface area contributed by atoms with Crippen LogP contribution in [0.25, 0.3) is 21.6 Å². The highest BCUT2D eigenvalue weighted by molar-refractivity contribution is 7.18. The quantitative estimate of drug-likeness (QED) is 0.514. The summed E-state index contributed by atoms with van der Waals surface area (Å²) in [6.45, 7) is 6.04. The molecular weight excluding hydrogens is 389 g/mol.